The van der Waals surface area contributed by atoms with Crippen molar-refractivity contribution < 1.29 is 14.0 Å². The molecule has 2 aromatic carbocycles. The van der Waals surface area contributed by atoms with E-state index in [1.807, 2.05) is 30.3 Å². The van der Waals surface area contributed by atoms with Crippen LogP contribution >= 0.6 is 0 Å². The van der Waals surface area contributed by atoms with Crippen LogP contribution < -0.4 is 10.6 Å². The number of likely N-dealkylation sites (tertiary alicyclic amines) is 1. The summed E-state index contributed by atoms with van der Waals surface area (Å²) in [6.07, 6.45) is 0.248. The standard InChI is InChI=1S/C18H18FN3O2/c19-15-8-4-5-9-16(15)21-18(24)20-14-10-17(23)22(12-14)11-13-6-2-1-3-7-13/h1-9,14H,10-12H2,(H2,20,21,24). The topological polar surface area (TPSA) is 61.4 Å². The van der Waals surface area contributed by atoms with Gasteiger partial charge in [-0.2, -0.15) is 0 Å². The van der Waals surface area contributed by atoms with Gasteiger partial charge in [0, 0.05) is 19.5 Å². The van der Waals surface area contributed by atoms with Gasteiger partial charge in [0.15, 0.2) is 0 Å². The monoisotopic (exact) mass is 327 g/mol. The summed E-state index contributed by atoms with van der Waals surface area (Å²) < 4.78 is 13.5. The van der Waals surface area contributed by atoms with E-state index in [9.17, 15) is 14.0 Å². The Morgan fingerprint density at radius 2 is 1.83 bits per heavy atom. The minimum Gasteiger partial charge on any atom is -0.336 e. The number of para-hydroxylation sites is 1. The number of urea groups is 1. The van der Waals surface area contributed by atoms with Crippen LogP contribution in [0.2, 0.25) is 0 Å². The summed E-state index contributed by atoms with van der Waals surface area (Å²) in [6, 6.07) is 14.8. The third-order valence-electron chi connectivity index (χ3n) is 3.89. The number of halogens is 1. The average molecular weight is 327 g/mol. The summed E-state index contributed by atoms with van der Waals surface area (Å²) in [5.41, 5.74) is 1.16. The molecule has 1 fully saturated rings. The predicted molar refractivity (Wildman–Crippen MR) is 88.8 cm³/mol. The fraction of sp³-hybridized carbons (Fsp3) is 0.222. The van der Waals surface area contributed by atoms with E-state index in [2.05, 4.69) is 10.6 Å². The first-order chi connectivity index (χ1) is 11.6. The molecule has 1 atom stereocenters. The highest BCUT2D eigenvalue weighted by atomic mass is 19.1. The lowest BCUT2D eigenvalue weighted by Crippen LogP contribution is -2.39. The Morgan fingerprint density at radius 3 is 2.58 bits per heavy atom. The molecule has 1 unspecified atom stereocenters. The Labute approximate surface area is 139 Å². The molecule has 0 radical (unpaired) electrons. The van der Waals surface area contributed by atoms with Gasteiger partial charge in [-0.15, -0.1) is 0 Å². The third-order valence-corrected chi connectivity index (χ3v) is 3.89. The van der Waals surface area contributed by atoms with Gasteiger partial charge in [0.2, 0.25) is 5.91 Å². The van der Waals surface area contributed by atoms with Crippen molar-refractivity contribution >= 4 is 17.6 Å². The Kier molecular flexibility index (Phi) is 4.74. The first-order valence-corrected chi connectivity index (χ1v) is 7.75. The minimum absolute atomic E-state index is 0.00459. The van der Waals surface area contributed by atoms with E-state index >= 15 is 0 Å². The molecule has 0 aromatic heterocycles. The molecule has 1 heterocycles. The van der Waals surface area contributed by atoms with Crippen molar-refractivity contribution in [1.82, 2.24) is 10.2 Å². The summed E-state index contributed by atoms with van der Waals surface area (Å²) >= 11 is 0. The lowest BCUT2D eigenvalue weighted by atomic mass is 10.2. The Morgan fingerprint density at radius 1 is 1.12 bits per heavy atom. The van der Waals surface area contributed by atoms with E-state index in [4.69, 9.17) is 0 Å². The van der Waals surface area contributed by atoms with Gasteiger partial charge in [-0.05, 0) is 17.7 Å². The van der Waals surface area contributed by atoms with Crippen LogP contribution in [-0.2, 0) is 11.3 Å². The molecule has 2 N–H and O–H groups in total. The largest absolute Gasteiger partial charge is 0.336 e. The zero-order chi connectivity index (χ0) is 16.9. The second-order valence-corrected chi connectivity index (χ2v) is 5.74. The molecular weight excluding hydrogens is 309 g/mol. The molecule has 1 saturated heterocycles. The maximum Gasteiger partial charge on any atom is 0.319 e. The predicted octanol–water partition coefficient (Wildman–Crippen LogP) is 2.75. The van der Waals surface area contributed by atoms with Crippen molar-refractivity contribution in [1.29, 1.82) is 0 Å². The van der Waals surface area contributed by atoms with Crippen LogP contribution in [0.4, 0.5) is 14.9 Å². The summed E-state index contributed by atoms with van der Waals surface area (Å²) in [5, 5.41) is 5.18. The van der Waals surface area contributed by atoms with E-state index < -0.39 is 11.8 Å². The quantitative estimate of drug-likeness (QED) is 0.907. The van der Waals surface area contributed by atoms with E-state index in [-0.39, 0.29) is 24.1 Å². The maximum atomic E-state index is 13.5. The number of hydrogen-bond acceptors (Lipinski definition) is 2. The zero-order valence-corrected chi connectivity index (χ0v) is 13.0. The SMILES string of the molecule is O=C(Nc1ccccc1F)NC1CC(=O)N(Cc2ccccc2)C1. The number of carbonyl (C=O) groups is 2. The highest BCUT2D eigenvalue weighted by Gasteiger charge is 2.30. The summed E-state index contributed by atoms with van der Waals surface area (Å²) in [7, 11) is 0. The summed E-state index contributed by atoms with van der Waals surface area (Å²) in [6.45, 7) is 0.963. The van der Waals surface area contributed by atoms with Gasteiger partial charge in [0.05, 0.1) is 11.7 Å². The van der Waals surface area contributed by atoms with Crippen molar-refractivity contribution in [3.05, 3.63) is 66.0 Å². The Balaban J connectivity index is 1.54. The summed E-state index contributed by atoms with van der Waals surface area (Å²) in [4.78, 5) is 25.8. The first-order valence-electron chi connectivity index (χ1n) is 7.75. The van der Waals surface area contributed by atoms with Gasteiger partial charge in [-0.1, -0.05) is 42.5 Å². The molecule has 0 bridgehead atoms. The lowest BCUT2D eigenvalue weighted by Gasteiger charge is -2.17. The molecule has 0 saturated carbocycles. The molecule has 1 aliphatic rings. The fourth-order valence-corrected chi connectivity index (χ4v) is 2.73. The minimum atomic E-state index is -0.514. The number of nitrogens with one attached hydrogen (secondary N) is 2. The molecule has 3 rings (SSSR count). The molecule has 24 heavy (non-hydrogen) atoms. The van der Waals surface area contributed by atoms with Gasteiger partial charge in [0.25, 0.3) is 0 Å². The molecule has 2 aromatic rings. The van der Waals surface area contributed by atoms with Crippen LogP contribution in [0.5, 0.6) is 0 Å². The zero-order valence-electron chi connectivity index (χ0n) is 13.0. The second kappa shape index (κ2) is 7.12. The fourth-order valence-electron chi connectivity index (χ4n) is 2.73. The van der Waals surface area contributed by atoms with Gasteiger partial charge in [-0.25, -0.2) is 9.18 Å². The van der Waals surface area contributed by atoms with Crippen molar-refractivity contribution in [2.45, 2.75) is 19.0 Å². The molecule has 0 spiro atoms. The van der Waals surface area contributed by atoms with Gasteiger partial charge < -0.3 is 15.5 Å². The number of benzene rings is 2. The van der Waals surface area contributed by atoms with Gasteiger partial charge in [0.1, 0.15) is 5.82 Å². The van der Waals surface area contributed by atoms with Crippen LogP contribution in [0.1, 0.15) is 12.0 Å². The number of rotatable bonds is 4. The highest BCUT2D eigenvalue weighted by Crippen LogP contribution is 2.16. The molecule has 1 aliphatic heterocycles. The molecule has 3 amide bonds. The molecule has 0 aliphatic carbocycles. The van der Waals surface area contributed by atoms with Crippen molar-refractivity contribution in [3.8, 4) is 0 Å². The smallest absolute Gasteiger partial charge is 0.319 e. The van der Waals surface area contributed by atoms with E-state index in [0.717, 1.165) is 5.56 Å². The third kappa shape index (κ3) is 3.90. The van der Waals surface area contributed by atoms with Crippen molar-refractivity contribution in [2.24, 2.45) is 0 Å². The van der Waals surface area contributed by atoms with Crippen molar-refractivity contribution in [3.63, 3.8) is 0 Å². The van der Waals surface area contributed by atoms with Gasteiger partial charge >= 0.3 is 6.03 Å². The van der Waals surface area contributed by atoms with E-state index in [1.165, 1.54) is 12.1 Å². The number of amides is 3. The normalized spacial score (nSPS) is 17.0. The maximum absolute atomic E-state index is 13.5. The number of anilines is 1. The Bertz CT molecular complexity index is 736. The second-order valence-electron chi connectivity index (χ2n) is 5.74. The number of nitrogens with zero attached hydrogens (tertiary/aromatic N) is 1. The van der Waals surface area contributed by atoms with Gasteiger partial charge in [-0.3, -0.25) is 4.79 Å². The molecular formula is C18H18FN3O2. The summed E-state index contributed by atoms with van der Waals surface area (Å²) in [5.74, 6) is -0.504. The van der Waals surface area contributed by atoms with Crippen molar-refractivity contribution in [2.75, 3.05) is 11.9 Å². The molecule has 124 valence electrons. The van der Waals surface area contributed by atoms with E-state index in [1.54, 1.807) is 17.0 Å². The van der Waals surface area contributed by atoms with Crippen LogP contribution in [0.15, 0.2) is 54.6 Å². The molecule has 6 heteroatoms. The van der Waals surface area contributed by atoms with Crippen LogP contribution in [0.25, 0.3) is 0 Å². The van der Waals surface area contributed by atoms with Crippen LogP contribution in [0, 0.1) is 5.82 Å². The van der Waals surface area contributed by atoms with Crippen LogP contribution in [-0.4, -0.2) is 29.4 Å². The van der Waals surface area contributed by atoms with Crippen LogP contribution in [0.3, 0.4) is 0 Å². The Hall–Kier alpha value is -2.89. The van der Waals surface area contributed by atoms with E-state index in [0.29, 0.717) is 13.1 Å². The lowest BCUT2D eigenvalue weighted by molar-refractivity contribution is -0.128. The highest BCUT2D eigenvalue weighted by molar-refractivity contribution is 5.90. The average Bonchev–Trinajstić information content (AvgIpc) is 2.90. The first kappa shape index (κ1) is 16.0. The number of hydrogen-bond donors (Lipinski definition) is 2. The number of carbonyl (C=O) groups excluding carboxylic acids is 2. The molecule has 5 nitrogen and oxygen atoms in total.